The summed E-state index contributed by atoms with van der Waals surface area (Å²) in [5, 5.41) is 16.7. The van der Waals surface area contributed by atoms with Gasteiger partial charge in [-0.1, -0.05) is 175 Å². The van der Waals surface area contributed by atoms with Crippen LogP contribution in [0.3, 0.4) is 0 Å². The van der Waals surface area contributed by atoms with Crippen molar-refractivity contribution < 1.29 is 0 Å². The third-order valence-corrected chi connectivity index (χ3v) is 19.4. The lowest BCUT2D eigenvalue weighted by molar-refractivity contribution is 0.590. The van der Waals surface area contributed by atoms with Crippen LogP contribution in [0.1, 0.15) is 52.7 Å². The lowest BCUT2D eigenvalue weighted by Crippen LogP contribution is -2.59. The van der Waals surface area contributed by atoms with Gasteiger partial charge in [0.05, 0.1) is 44.5 Å². The molecule has 0 spiro atoms. The van der Waals surface area contributed by atoms with Crippen molar-refractivity contribution in [1.82, 2.24) is 13.5 Å². The molecule has 0 amide bonds. The van der Waals surface area contributed by atoms with Gasteiger partial charge in [0, 0.05) is 80.5 Å². The first-order chi connectivity index (χ1) is 38.0. The second-order valence-corrected chi connectivity index (χ2v) is 25.5. The van der Waals surface area contributed by atoms with Gasteiger partial charge in [-0.15, -0.1) is 11.3 Å². The average Bonchev–Trinajstić information content (AvgIpc) is 4.43. The number of benzene rings is 11. The molecule has 2 aliphatic rings. The van der Waals surface area contributed by atoms with Crippen molar-refractivity contribution in [2.75, 3.05) is 4.90 Å². The molecule has 6 heteroatoms. The van der Waals surface area contributed by atoms with Crippen LogP contribution in [-0.4, -0.2) is 20.2 Å². The molecule has 0 aliphatic carbocycles. The highest BCUT2D eigenvalue weighted by atomic mass is 32.1. The highest BCUT2D eigenvalue weighted by Gasteiger charge is 2.45. The van der Waals surface area contributed by atoms with Gasteiger partial charge in [0.25, 0.3) is 6.71 Å². The predicted molar refractivity (Wildman–Crippen MR) is 337 cm³/mol. The molecular weight excluding hydrogens is 964 g/mol. The SMILES string of the molecule is CC(C)(C)c1ccc(N2c3cc(-n4c5cc6ccccc6cc5c5c6ccccc6ccc54)cc4c3B(c3sc5ccc(C(C)(C)C)cc5c32)c2cccc3c5c(ccc6c7cccc8c9ccccc9n(c87)c65)n-4c23)cc1. The van der Waals surface area contributed by atoms with Crippen molar-refractivity contribution in [3.8, 4) is 11.4 Å². The molecule has 0 saturated heterocycles. The molecule has 0 saturated carbocycles. The third kappa shape index (κ3) is 5.41. The van der Waals surface area contributed by atoms with E-state index in [0.717, 1.165) is 5.69 Å². The normalized spacial score (nSPS) is 13.7. The van der Waals surface area contributed by atoms with Crippen molar-refractivity contribution in [2.24, 2.45) is 0 Å². The van der Waals surface area contributed by atoms with Crippen molar-refractivity contribution in [2.45, 2.75) is 52.4 Å². The summed E-state index contributed by atoms with van der Waals surface area (Å²) >= 11 is 1.99. The molecule has 18 rings (SSSR count). The van der Waals surface area contributed by atoms with Gasteiger partial charge in [-0.25, -0.2) is 0 Å². The Bertz CT molecular complexity index is 5360. The molecule has 11 aromatic carbocycles. The monoisotopic (exact) mass is 1010 g/mol. The summed E-state index contributed by atoms with van der Waals surface area (Å²) in [7, 11) is 0. The summed E-state index contributed by atoms with van der Waals surface area (Å²) in [6, 6.07) is 77.3. The molecule has 0 unspecified atom stereocenters. The molecule has 0 radical (unpaired) electrons. The molecule has 0 atom stereocenters. The quantitative estimate of drug-likeness (QED) is 0.158. The first-order valence-corrected chi connectivity index (χ1v) is 28.4. The van der Waals surface area contributed by atoms with Gasteiger partial charge in [-0.05, 0) is 121 Å². The molecule has 4 nitrogen and oxygen atoms in total. The number of nitrogens with zero attached hydrogens (tertiary/aromatic N) is 4. The molecule has 0 bridgehead atoms. The molecule has 0 N–H and O–H groups in total. The summed E-state index contributed by atoms with van der Waals surface area (Å²) in [5.41, 5.74) is 20.2. The second-order valence-electron chi connectivity index (χ2n) is 24.5. The Hall–Kier alpha value is -8.84. The van der Waals surface area contributed by atoms with Gasteiger partial charge in [-0.3, -0.25) is 0 Å². The molecule has 0 fully saturated rings. The van der Waals surface area contributed by atoms with E-state index < -0.39 is 0 Å². The summed E-state index contributed by atoms with van der Waals surface area (Å²) in [4.78, 5) is 2.67. The Morgan fingerprint density at radius 2 is 1.03 bits per heavy atom. The first kappa shape index (κ1) is 43.3. The summed E-state index contributed by atoms with van der Waals surface area (Å²) in [6.45, 7) is 14.0. The van der Waals surface area contributed by atoms with Gasteiger partial charge in [0.2, 0.25) is 0 Å². The standard InChI is InChI=1S/C72H51BN4S/c1-71(2,3)43-26-29-45(30-27-43)75-60-38-46(74-57-32-25-40-15-9-10-18-47(40)63(57)53-35-41-16-7-8-17-42(41)36-59(53)74)39-61-65(60)73(70-69(75)54-37-44(72(4,5)6)28-34-62(54)78-70)55-23-14-22-52-64-58(76(61)67(52)55)33-31-51-50-21-13-20-49-48-19-11-12-24-56(48)77(66(49)50)68(51)64/h7-39H,1-6H3. The minimum atomic E-state index is -0.0338. The maximum atomic E-state index is 2.68. The van der Waals surface area contributed by atoms with Crippen molar-refractivity contribution in [3.63, 3.8) is 0 Å². The Labute approximate surface area is 455 Å². The Morgan fingerprint density at radius 1 is 0.385 bits per heavy atom. The van der Waals surface area contributed by atoms with E-state index in [4.69, 9.17) is 0 Å². The van der Waals surface area contributed by atoms with E-state index in [2.05, 4.69) is 260 Å². The fraction of sp³-hybridized carbons (Fsp3) is 0.111. The van der Waals surface area contributed by atoms with Gasteiger partial charge in [0.1, 0.15) is 0 Å². The number of para-hydroxylation sites is 3. The number of aromatic nitrogens is 3. The van der Waals surface area contributed by atoms with E-state index in [-0.39, 0.29) is 17.5 Å². The molecule has 368 valence electrons. The van der Waals surface area contributed by atoms with Crippen molar-refractivity contribution in [3.05, 3.63) is 211 Å². The number of hydrogen-bond donors (Lipinski definition) is 0. The van der Waals surface area contributed by atoms with Crippen LogP contribution in [0.15, 0.2) is 200 Å². The molecule has 16 aromatic rings. The maximum absolute atomic E-state index is 2.68. The topological polar surface area (TPSA) is 17.5 Å². The van der Waals surface area contributed by atoms with E-state index in [0.29, 0.717) is 0 Å². The fourth-order valence-corrected chi connectivity index (χ4v) is 15.9. The highest BCUT2D eigenvalue weighted by molar-refractivity contribution is 7.33. The minimum Gasteiger partial charge on any atom is -0.310 e. The zero-order valence-corrected chi connectivity index (χ0v) is 45.1. The van der Waals surface area contributed by atoms with E-state index in [9.17, 15) is 0 Å². The van der Waals surface area contributed by atoms with Crippen LogP contribution in [0.4, 0.5) is 17.1 Å². The molecule has 78 heavy (non-hydrogen) atoms. The average molecular weight is 1020 g/mol. The fourth-order valence-electron chi connectivity index (χ4n) is 14.6. The number of rotatable bonds is 2. The molecular formula is C72H51BN4S. The Morgan fingerprint density at radius 3 is 1.83 bits per heavy atom. The van der Waals surface area contributed by atoms with Crippen LogP contribution in [0.5, 0.6) is 0 Å². The molecule has 2 aliphatic heterocycles. The number of anilines is 3. The third-order valence-electron chi connectivity index (χ3n) is 18.2. The van der Waals surface area contributed by atoms with Gasteiger partial charge in [-0.2, -0.15) is 0 Å². The van der Waals surface area contributed by atoms with Gasteiger partial charge < -0.3 is 18.4 Å². The predicted octanol–water partition coefficient (Wildman–Crippen LogP) is 17.8. The zero-order chi connectivity index (χ0) is 51.8. The van der Waals surface area contributed by atoms with Crippen LogP contribution in [0, 0.1) is 0 Å². The lowest BCUT2D eigenvalue weighted by Gasteiger charge is -2.39. The summed E-state index contributed by atoms with van der Waals surface area (Å²) in [6.07, 6.45) is 0. The van der Waals surface area contributed by atoms with Gasteiger partial charge in [0.15, 0.2) is 0 Å². The minimum absolute atomic E-state index is 0.00214. The lowest BCUT2D eigenvalue weighted by atomic mass is 9.36. The molecule has 7 heterocycles. The van der Waals surface area contributed by atoms with Crippen molar-refractivity contribution >= 4 is 164 Å². The van der Waals surface area contributed by atoms with Crippen LogP contribution < -0.4 is 20.6 Å². The van der Waals surface area contributed by atoms with E-state index in [1.54, 1.807) is 0 Å². The Balaban J connectivity index is 1.05. The number of fused-ring (bicyclic) bond motifs is 22. The van der Waals surface area contributed by atoms with E-state index >= 15 is 0 Å². The van der Waals surface area contributed by atoms with Crippen LogP contribution in [0.2, 0.25) is 0 Å². The zero-order valence-electron chi connectivity index (χ0n) is 44.3. The number of hydrogen-bond acceptors (Lipinski definition) is 2. The van der Waals surface area contributed by atoms with Crippen LogP contribution in [-0.2, 0) is 10.8 Å². The van der Waals surface area contributed by atoms with Crippen LogP contribution >= 0.6 is 11.3 Å². The van der Waals surface area contributed by atoms with E-state index in [1.807, 2.05) is 11.3 Å². The highest BCUT2D eigenvalue weighted by Crippen LogP contribution is 2.51. The Kier molecular flexibility index (Phi) is 8.10. The largest absolute Gasteiger partial charge is 0.310 e. The second kappa shape index (κ2) is 14.6. The summed E-state index contributed by atoms with van der Waals surface area (Å²) < 4.78 is 10.6. The first-order valence-electron chi connectivity index (χ1n) is 27.6. The van der Waals surface area contributed by atoms with Crippen LogP contribution in [0.25, 0.3) is 125 Å². The maximum Gasteiger partial charge on any atom is 0.264 e. The summed E-state index contributed by atoms with van der Waals surface area (Å²) in [5.74, 6) is 0. The number of thiophene rings is 1. The van der Waals surface area contributed by atoms with E-state index in [1.165, 1.54) is 163 Å². The van der Waals surface area contributed by atoms with Crippen molar-refractivity contribution in [1.29, 1.82) is 0 Å². The smallest absolute Gasteiger partial charge is 0.264 e. The van der Waals surface area contributed by atoms with Gasteiger partial charge >= 0.3 is 0 Å². The molecule has 5 aromatic heterocycles.